The Bertz CT molecular complexity index is 679. The third kappa shape index (κ3) is 2.91. The SMILES string of the molecule is CCN(Cc1ccc2c(c1)OCO2)C(=O)c1ccc(C)cc1. The normalized spacial score (nSPS) is 12.3. The summed E-state index contributed by atoms with van der Waals surface area (Å²) >= 11 is 0. The molecule has 0 saturated heterocycles. The van der Waals surface area contributed by atoms with Gasteiger partial charge in [-0.05, 0) is 43.7 Å². The largest absolute Gasteiger partial charge is 0.454 e. The van der Waals surface area contributed by atoms with E-state index in [2.05, 4.69) is 0 Å². The molecule has 0 saturated carbocycles. The molecule has 114 valence electrons. The molecule has 22 heavy (non-hydrogen) atoms. The fraction of sp³-hybridized carbons (Fsp3) is 0.278. The van der Waals surface area contributed by atoms with Gasteiger partial charge in [0.2, 0.25) is 6.79 Å². The van der Waals surface area contributed by atoms with E-state index in [4.69, 9.17) is 9.47 Å². The quantitative estimate of drug-likeness (QED) is 0.868. The van der Waals surface area contributed by atoms with Gasteiger partial charge < -0.3 is 14.4 Å². The molecule has 0 bridgehead atoms. The Morgan fingerprint density at radius 3 is 2.55 bits per heavy atom. The first kappa shape index (κ1) is 14.4. The van der Waals surface area contributed by atoms with Crippen molar-refractivity contribution in [3.05, 3.63) is 59.2 Å². The van der Waals surface area contributed by atoms with Gasteiger partial charge in [-0.25, -0.2) is 0 Å². The summed E-state index contributed by atoms with van der Waals surface area (Å²) < 4.78 is 10.7. The van der Waals surface area contributed by atoms with Gasteiger partial charge in [0.15, 0.2) is 11.5 Å². The smallest absolute Gasteiger partial charge is 0.254 e. The van der Waals surface area contributed by atoms with Gasteiger partial charge in [-0.15, -0.1) is 0 Å². The van der Waals surface area contributed by atoms with E-state index in [0.717, 1.165) is 22.6 Å². The van der Waals surface area contributed by atoms with Gasteiger partial charge >= 0.3 is 0 Å². The van der Waals surface area contributed by atoms with Crippen LogP contribution in [0, 0.1) is 6.92 Å². The third-order valence-corrected chi connectivity index (χ3v) is 3.78. The van der Waals surface area contributed by atoms with Crippen LogP contribution < -0.4 is 9.47 Å². The number of carbonyl (C=O) groups is 1. The molecular formula is C18H19NO3. The second-order valence-corrected chi connectivity index (χ2v) is 5.37. The molecule has 0 atom stereocenters. The lowest BCUT2D eigenvalue weighted by atomic mass is 10.1. The van der Waals surface area contributed by atoms with Gasteiger partial charge in [-0.1, -0.05) is 23.8 Å². The number of carbonyl (C=O) groups excluding carboxylic acids is 1. The number of nitrogens with zero attached hydrogens (tertiary/aromatic N) is 1. The zero-order valence-corrected chi connectivity index (χ0v) is 12.8. The van der Waals surface area contributed by atoms with Crippen molar-refractivity contribution in [1.29, 1.82) is 0 Å². The molecule has 1 heterocycles. The Morgan fingerprint density at radius 2 is 1.82 bits per heavy atom. The van der Waals surface area contributed by atoms with Crippen LogP contribution in [0.5, 0.6) is 11.5 Å². The molecule has 1 aliphatic heterocycles. The molecule has 0 aliphatic carbocycles. The van der Waals surface area contributed by atoms with E-state index in [9.17, 15) is 4.79 Å². The first-order valence-corrected chi connectivity index (χ1v) is 7.42. The molecule has 1 amide bonds. The van der Waals surface area contributed by atoms with E-state index in [1.165, 1.54) is 0 Å². The number of aryl methyl sites for hydroxylation is 1. The maximum atomic E-state index is 12.6. The third-order valence-electron chi connectivity index (χ3n) is 3.78. The number of hydrogen-bond donors (Lipinski definition) is 0. The molecule has 1 aliphatic rings. The van der Waals surface area contributed by atoms with E-state index < -0.39 is 0 Å². The maximum Gasteiger partial charge on any atom is 0.254 e. The van der Waals surface area contributed by atoms with Gasteiger partial charge in [0, 0.05) is 18.7 Å². The van der Waals surface area contributed by atoms with Gasteiger partial charge in [-0.3, -0.25) is 4.79 Å². The van der Waals surface area contributed by atoms with Crippen LogP contribution in [0.1, 0.15) is 28.4 Å². The fourth-order valence-corrected chi connectivity index (χ4v) is 2.47. The van der Waals surface area contributed by atoms with Gasteiger partial charge in [0.25, 0.3) is 5.91 Å². The van der Waals surface area contributed by atoms with Crippen LogP contribution >= 0.6 is 0 Å². The molecule has 0 aromatic heterocycles. The van der Waals surface area contributed by atoms with Crippen LogP contribution in [-0.4, -0.2) is 24.1 Å². The number of fused-ring (bicyclic) bond motifs is 1. The van der Waals surface area contributed by atoms with Crippen molar-refractivity contribution >= 4 is 5.91 Å². The van der Waals surface area contributed by atoms with Crippen molar-refractivity contribution in [3.8, 4) is 11.5 Å². The summed E-state index contributed by atoms with van der Waals surface area (Å²) in [4.78, 5) is 14.4. The minimum absolute atomic E-state index is 0.0418. The van der Waals surface area contributed by atoms with Crippen LogP contribution in [0.15, 0.2) is 42.5 Å². The second kappa shape index (κ2) is 6.10. The molecular weight excluding hydrogens is 278 g/mol. The summed E-state index contributed by atoms with van der Waals surface area (Å²) in [6, 6.07) is 13.5. The zero-order valence-electron chi connectivity index (χ0n) is 12.8. The molecule has 2 aromatic carbocycles. The van der Waals surface area contributed by atoms with Crippen LogP contribution in [-0.2, 0) is 6.54 Å². The fourth-order valence-electron chi connectivity index (χ4n) is 2.47. The lowest BCUT2D eigenvalue weighted by molar-refractivity contribution is 0.0752. The summed E-state index contributed by atoms with van der Waals surface area (Å²) in [5.74, 6) is 1.55. The van der Waals surface area contributed by atoms with Crippen LogP contribution in [0.3, 0.4) is 0 Å². The van der Waals surface area contributed by atoms with Crippen molar-refractivity contribution in [2.24, 2.45) is 0 Å². The minimum atomic E-state index is 0.0418. The monoisotopic (exact) mass is 297 g/mol. The van der Waals surface area contributed by atoms with Crippen molar-refractivity contribution in [2.45, 2.75) is 20.4 Å². The van der Waals surface area contributed by atoms with E-state index in [0.29, 0.717) is 18.7 Å². The Hall–Kier alpha value is -2.49. The van der Waals surface area contributed by atoms with Crippen molar-refractivity contribution in [2.75, 3.05) is 13.3 Å². The summed E-state index contributed by atoms with van der Waals surface area (Å²) in [6.45, 7) is 5.47. The minimum Gasteiger partial charge on any atom is -0.454 e. The molecule has 4 nitrogen and oxygen atoms in total. The highest BCUT2D eigenvalue weighted by molar-refractivity contribution is 5.94. The Labute approximate surface area is 130 Å². The molecule has 3 rings (SSSR count). The van der Waals surface area contributed by atoms with E-state index in [1.807, 2.05) is 61.2 Å². The number of rotatable bonds is 4. The van der Waals surface area contributed by atoms with Crippen molar-refractivity contribution < 1.29 is 14.3 Å². The molecule has 0 N–H and O–H groups in total. The average molecular weight is 297 g/mol. The van der Waals surface area contributed by atoms with Crippen molar-refractivity contribution in [1.82, 2.24) is 4.90 Å². The highest BCUT2D eigenvalue weighted by atomic mass is 16.7. The molecule has 0 radical (unpaired) electrons. The number of hydrogen-bond acceptors (Lipinski definition) is 3. The Morgan fingerprint density at radius 1 is 1.09 bits per heavy atom. The number of amides is 1. The van der Waals surface area contributed by atoms with Crippen LogP contribution in [0.4, 0.5) is 0 Å². The topological polar surface area (TPSA) is 38.8 Å². The lowest BCUT2D eigenvalue weighted by Gasteiger charge is -2.21. The summed E-state index contributed by atoms with van der Waals surface area (Å²) in [5.41, 5.74) is 2.90. The Kier molecular flexibility index (Phi) is 4.00. The van der Waals surface area contributed by atoms with Gasteiger partial charge in [0.05, 0.1) is 0 Å². The predicted molar refractivity (Wildman–Crippen MR) is 84.2 cm³/mol. The highest BCUT2D eigenvalue weighted by Crippen LogP contribution is 2.32. The lowest BCUT2D eigenvalue weighted by Crippen LogP contribution is -2.30. The van der Waals surface area contributed by atoms with E-state index in [-0.39, 0.29) is 12.7 Å². The predicted octanol–water partition coefficient (Wildman–Crippen LogP) is 3.39. The maximum absolute atomic E-state index is 12.6. The molecule has 0 unspecified atom stereocenters. The molecule has 2 aromatic rings. The van der Waals surface area contributed by atoms with Gasteiger partial charge in [0.1, 0.15) is 0 Å². The standard InChI is InChI=1S/C18H19NO3/c1-3-19(18(20)15-7-4-13(2)5-8-15)11-14-6-9-16-17(10-14)22-12-21-16/h4-10H,3,11-12H2,1-2H3. The van der Waals surface area contributed by atoms with E-state index >= 15 is 0 Å². The first-order chi connectivity index (χ1) is 10.7. The molecule has 4 heteroatoms. The van der Waals surface area contributed by atoms with Crippen molar-refractivity contribution in [3.63, 3.8) is 0 Å². The Balaban J connectivity index is 1.76. The van der Waals surface area contributed by atoms with Gasteiger partial charge in [-0.2, -0.15) is 0 Å². The highest BCUT2D eigenvalue weighted by Gasteiger charge is 2.17. The average Bonchev–Trinajstić information content (AvgIpc) is 3.00. The van der Waals surface area contributed by atoms with Crippen LogP contribution in [0.2, 0.25) is 0 Å². The number of benzene rings is 2. The number of ether oxygens (including phenoxy) is 2. The first-order valence-electron chi connectivity index (χ1n) is 7.42. The summed E-state index contributed by atoms with van der Waals surface area (Å²) in [5, 5.41) is 0. The molecule has 0 spiro atoms. The van der Waals surface area contributed by atoms with Crippen LogP contribution in [0.25, 0.3) is 0 Å². The zero-order chi connectivity index (χ0) is 15.5. The summed E-state index contributed by atoms with van der Waals surface area (Å²) in [6.07, 6.45) is 0. The summed E-state index contributed by atoms with van der Waals surface area (Å²) in [7, 11) is 0. The van der Waals surface area contributed by atoms with E-state index in [1.54, 1.807) is 0 Å². The second-order valence-electron chi connectivity index (χ2n) is 5.37. The molecule has 0 fully saturated rings.